The molecule has 2 amide bonds. The van der Waals surface area contributed by atoms with Crippen molar-refractivity contribution in [3.8, 4) is 11.5 Å². The first-order valence-corrected chi connectivity index (χ1v) is 19.7. The van der Waals surface area contributed by atoms with Crippen LogP contribution in [0.1, 0.15) is 85.2 Å². The second-order valence-electron chi connectivity index (χ2n) is 16.0. The van der Waals surface area contributed by atoms with Crippen molar-refractivity contribution in [3.05, 3.63) is 161 Å². The predicted octanol–water partition coefficient (Wildman–Crippen LogP) is 8.49. The molecule has 2 heterocycles. The van der Waals surface area contributed by atoms with Gasteiger partial charge in [-0.25, -0.2) is 24.0 Å². The lowest BCUT2D eigenvalue weighted by Crippen LogP contribution is -2.34. The van der Waals surface area contributed by atoms with E-state index in [-0.39, 0.29) is 61.9 Å². The zero-order valence-electron chi connectivity index (χ0n) is 36.0. The van der Waals surface area contributed by atoms with Gasteiger partial charge >= 0.3 is 30.1 Å². The van der Waals surface area contributed by atoms with Crippen molar-refractivity contribution in [1.82, 2.24) is 0 Å². The molecule has 5 aromatic rings. The Bertz CT molecular complexity index is 2700. The molecule has 334 valence electrons. The average Bonchev–Trinajstić information content (AvgIpc) is 3.58. The fraction of sp³-hybridized carbons (Fsp3) is 0.239. The molecule has 0 saturated heterocycles. The van der Waals surface area contributed by atoms with Crippen LogP contribution in [0.25, 0.3) is 0 Å². The van der Waals surface area contributed by atoms with Gasteiger partial charge in [0, 0.05) is 55.1 Å². The van der Waals surface area contributed by atoms with Crippen molar-refractivity contribution in [3.63, 3.8) is 0 Å². The van der Waals surface area contributed by atoms with Crippen LogP contribution in [0.3, 0.4) is 0 Å². The summed E-state index contributed by atoms with van der Waals surface area (Å²) in [5, 5.41) is 23.5. The predicted molar refractivity (Wildman–Crippen MR) is 229 cm³/mol. The molecule has 0 saturated carbocycles. The number of carbonyl (C=O) groups excluding carboxylic acids is 5. The summed E-state index contributed by atoms with van der Waals surface area (Å²) in [6.45, 7) is 4.93. The number of carbonyl (C=O) groups is 5. The van der Waals surface area contributed by atoms with Crippen LogP contribution in [-0.2, 0) is 47.9 Å². The van der Waals surface area contributed by atoms with E-state index in [9.17, 15) is 44.2 Å². The molecule has 0 aromatic heterocycles. The summed E-state index contributed by atoms with van der Waals surface area (Å²) in [5.74, 6) is -1.79. The maximum Gasteiger partial charge on any atom is 0.414 e. The number of rotatable bonds is 10. The first kappa shape index (κ1) is 44.7. The lowest BCUT2D eigenvalue weighted by atomic mass is 9.75. The molecule has 0 unspecified atom stereocenters. The van der Waals surface area contributed by atoms with Crippen molar-refractivity contribution >= 4 is 52.8 Å². The number of anilines is 2. The molecule has 2 aliphatic rings. The van der Waals surface area contributed by atoms with Gasteiger partial charge in [-0.15, -0.1) is 0 Å². The van der Waals surface area contributed by atoms with Crippen LogP contribution in [0, 0.1) is 20.2 Å². The van der Waals surface area contributed by atoms with Crippen LogP contribution < -0.4 is 14.5 Å². The number of nitro benzene ring substituents is 2. The van der Waals surface area contributed by atoms with E-state index >= 15 is 0 Å². The fourth-order valence-corrected chi connectivity index (χ4v) is 7.51. The van der Waals surface area contributed by atoms with E-state index in [0.717, 1.165) is 41.7 Å². The summed E-state index contributed by atoms with van der Waals surface area (Å²) < 4.78 is 33.3. The van der Waals surface area contributed by atoms with Crippen molar-refractivity contribution < 1.29 is 62.2 Å². The minimum absolute atomic E-state index is 0.0163. The molecule has 0 atom stereocenters. The Balaban J connectivity index is 1.23. The quantitative estimate of drug-likeness (QED) is 0.0553. The van der Waals surface area contributed by atoms with Gasteiger partial charge in [-0.2, -0.15) is 0 Å². The zero-order chi connectivity index (χ0) is 47.1. The molecule has 0 N–H and O–H groups in total. The maximum absolute atomic E-state index is 13.8. The Labute approximate surface area is 370 Å². The topological polar surface area (TPSA) is 233 Å². The van der Waals surface area contributed by atoms with Crippen LogP contribution >= 0.6 is 0 Å². The van der Waals surface area contributed by atoms with Crippen LogP contribution in [0.2, 0.25) is 0 Å². The molecule has 19 nitrogen and oxygen atoms in total. The lowest BCUT2D eigenvalue weighted by molar-refractivity contribution is -0.386. The highest BCUT2D eigenvalue weighted by Gasteiger charge is 2.54. The van der Waals surface area contributed by atoms with Crippen LogP contribution in [-0.4, -0.2) is 68.3 Å². The normalized spacial score (nSPS) is 12.9. The highest BCUT2D eigenvalue weighted by atomic mass is 16.6. The molecule has 19 heteroatoms. The second-order valence-corrected chi connectivity index (χ2v) is 16.0. The van der Waals surface area contributed by atoms with Gasteiger partial charge in [0.05, 0.1) is 63.3 Å². The van der Waals surface area contributed by atoms with Gasteiger partial charge in [0.2, 0.25) is 0 Å². The first-order chi connectivity index (χ1) is 30.8. The number of hydrogen-bond acceptors (Lipinski definition) is 15. The number of ether oxygens (including phenoxy) is 6. The molecule has 5 aromatic carbocycles. The smallest absolute Gasteiger partial charge is 0.414 e. The van der Waals surface area contributed by atoms with E-state index in [1.807, 2.05) is 32.9 Å². The van der Waals surface area contributed by atoms with E-state index in [4.69, 9.17) is 28.4 Å². The number of amides is 2. The Kier molecular flexibility index (Phi) is 11.7. The summed E-state index contributed by atoms with van der Waals surface area (Å²) in [7, 11) is 5.11. The summed E-state index contributed by atoms with van der Waals surface area (Å²) in [6.07, 6.45) is -1.85. The molecule has 0 bridgehead atoms. The van der Waals surface area contributed by atoms with E-state index in [0.29, 0.717) is 22.3 Å². The van der Waals surface area contributed by atoms with Crippen LogP contribution in [0.4, 0.5) is 32.3 Å². The van der Waals surface area contributed by atoms with E-state index in [1.165, 1.54) is 50.5 Å². The third-order valence-corrected chi connectivity index (χ3v) is 11.1. The molecule has 0 fully saturated rings. The van der Waals surface area contributed by atoms with Crippen molar-refractivity contribution in [2.75, 3.05) is 38.1 Å². The van der Waals surface area contributed by atoms with Gasteiger partial charge in [0.1, 0.15) is 24.7 Å². The minimum Gasteiger partial charge on any atom is -0.465 e. The minimum atomic E-state index is -1.58. The molecule has 0 aliphatic carbocycles. The number of hydrogen-bond donors (Lipinski definition) is 0. The van der Waals surface area contributed by atoms with Gasteiger partial charge in [0.25, 0.3) is 11.4 Å². The van der Waals surface area contributed by atoms with Gasteiger partial charge in [0.15, 0.2) is 5.60 Å². The highest BCUT2D eigenvalue weighted by Crippen LogP contribution is 2.57. The highest BCUT2D eigenvalue weighted by molar-refractivity contribution is 5.98. The summed E-state index contributed by atoms with van der Waals surface area (Å²) in [6, 6.07) is 22.0. The SMILES string of the molecule is COC(=O)c1ccc([N+](=O)[O-])c(COC(=O)N(C)c2ccc3c(c2)Oc2cc(N(C)C(=O)OCc4cc(C(=O)OC)ccc4[N+](=O)[O-])ccc2C32OC(=O)c3ccc(C(C)(C)C)cc32)c1. The fourth-order valence-electron chi connectivity index (χ4n) is 7.51. The molecule has 1 spiro atoms. The zero-order valence-corrected chi connectivity index (χ0v) is 36.0. The molecule has 7 rings (SSSR count). The number of methoxy groups -OCH3 is 2. The molecule has 0 radical (unpaired) electrons. The van der Waals surface area contributed by atoms with Gasteiger partial charge in [-0.05, 0) is 71.6 Å². The first-order valence-electron chi connectivity index (χ1n) is 19.7. The van der Waals surface area contributed by atoms with E-state index in [2.05, 4.69) is 0 Å². The van der Waals surface area contributed by atoms with E-state index in [1.54, 1.807) is 30.3 Å². The number of nitrogens with zero attached hydrogens (tertiary/aromatic N) is 4. The van der Waals surface area contributed by atoms with Crippen LogP contribution in [0.15, 0.2) is 91.0 Å². The Morgan fingerprint density at radius 1 is 0.646 bits per heavy atom. The Morgan fingerprint density at radius 3 is 1.52 bits per heavy atom. The Hall–Kier alpha value is -8.35. The van der Waals surface area contributed by atoms with Crippen molar-refractivity contribution in [2.24, 2.45) is 0 Å². The second kappa shape index (κ2) is 17.1. The van der Waals surface area contributed by atoms with Gasteiger partial charge in [-0.3, -0.25) is 30.0 Å². The summed E-state index contributed by atoms with van der Waals surface area (Å²) in [5.41, 5.74) is 0.239. The number of fused-ring (bicyclic) bond motifs is 6. The van der Waals surface area contributed by atoms with E-state index < -0.39 is 58.8 Å². The number of nitro groups is 2. The Morgan fingerprint density at radius 2 is 1.11 bits per heavy atom. The largest absolute Gasteiger partial charge is 0.465 e. The van der Waals surface area contributed by atoms with Crippen molar-refractivity contribution in [1.29, 1.82) is 0 Å². The van der Waals surface area contributed by atoms with Gasteiger partial charge < -0.3 is 28.4 Å². The molecule has 65 heavy (non-hydrogen) atoms. The summed E-state index contributed by atoms with van der Waals surface area (Å²) in [4.78, 5) is 89.4. The lowest BCUT2D eigenvalue weighted by Gasteiger charge is -2.37. The maximum atomic E-state index is 13.8. The third kappa shape index (κ3) is 8.21. The number of benzene rings is 5. The molecule has 2 aliphatic heterocycles. The molecular formula is C46H40N4O15. The monoisotopic (exact) mass is 888 g/mol. The van der Waals surface area contributed by atoms with Crippen molar-refractivity contribution in [2.45, 2.75) is 45.0 Å². The summed E-state index contributed by atoms with van der Waals surface area (Å²) >= 11 is 0. The average molecular weight is 889 g/mol. The van der Waals surface area contributed by atoms with Crippen LogP contribution in [0.5, 0.6) is 11.5 Å². The number of esters is 3. The standard InChI is InChI=1S/C46H40N4O15/c1-45(2,3)29-10-13-32-35(20-29)46(65-42(32)53)33-14-11-30(47(4)43(54)62-23-27-18-25(40(51)60-6)8-16-36(27)49(56)57)21-38(33)64-39-22-31(12-15-34(39)46)48(5)44(55)63-24-28-19-26(41(52)61-7)9-17-37(28)50(58)59/h8-22H,23-24H2,1-7H3. The molecular weight excluding hydrogens is 849 g/mol. The van der Waals surface area contributed by atoms with Gasteiger partial charge in [-0.1, -0.05) is 26.8 Å². The third-order valence-electron chi connectivity index (χ3n) is 11.1.